The van der Waals surface area contributed by atoms with E-state index in [1.54, 1.807) is 5.56 Å². The zero-order valence-corrected chi connectivity index (χ0v) is 9.79. The Hall–Kier alpha value is -0.300. The Kier molecular flexibility index (Phi) is 4.51. The summed E-state index contributed by atoms with van der Waals surface area (Å²) in [5, 5.41) is 2.35. The van der Waals surface area contributed by atoms with E-state index in [4.69, 9.17) is 0 Å². The molecule has 1 aromatic heterocycles. The molecule has 0 nitrogen and oxygen atoms in total. The maximum atomic E-state index is 2.40. The van der Waals surface area contributed by atoms with Crippen molar-refractivity contribution in [3.8, 4) is 0 Å². The minimum absolute atomic E-state index is 0.807. The molecule has 0 saturated heterocycles. The van der Waals surface area contributed by atoms with Crippen LogP contribution in [0.25, 0.3) is 0 Å². The van der Waals surface area contributed by atoms with Gasteiger partial charge in [0.25, 0.3) is 0 Å². The average Bonchev–Trinajstić information content (AvgIpc) is 2.62. The summed E-state index contributed by atoms with van der Waals surface area (Å²) in [6.45, 7) is 6.80. The SMILES string of the molecule is CCCC(CC)c1csc(CC)c1. The first-order chi connectivity index (χ1) is 6.31. The van der Waals surface area contributed by atoms with Crippen molar-refractivity contribution in [1.82, 2.24) is 0 Å². The van der Waals surface area contributed by atoms with Gasteiger partial charge in [0.15, 0.2) is 0 Å². The predicted octanol–water partition coefficient (Wildman–Crippen LogP) is 4.60. The molecule has 1 atom stereocenters. The van der Waals surface area contributed by atoms with Crippen molar-refractivity contribution in [3.63, 3.8) is 0 Å². The summed E-state index contributed by atoms with van der Waals surface area (Å²) >= 11 is 1.92. The number of thiophene rings is 1. The van der Waals surface area contributed by atoms with E-state index in [2.05, 4.69) is 32.2 Å². The lowest BCUT2D eigenvalue weighted by atomic mass is 9.94. The number of hydrogen-bond acceptors (Lipinski definition) is 1. The van der Waals surface area contributed by atoms with E-state index < -0.39 is 0 Å². The van der Waals surface area contributed by atoms with Gasteiger partial charge in [0.05, 0.1) is 0 Å². The van der Waals surface area contributed by atoms with E-state index in [9.17, 15) is 0 Å². The van der Waals surface area contributed by atoms with Gasteiger partial charge in [0, 0.05) is 4.88 Å². The predicted molar refractivity (Wildman–Crippen MR) is 61.6 cm³/mol. The van der Waals surface area contributed by atoms with Crippen molar-refractivity contribution in [2.24, 2.45) is 0 Å². The molecule has 0 radical (unpaired) electrons. The Bertz CT molecular complexity index is 237. The minimum Gasteiger partial charge on any atom is -0.149 e. The molecule has 1 unspecified atom stereocenters. The van der Waals surface area contributed by atoms with Crippen LogP contribution >= 0.6 is 11.3 Å². The van der Waals surface area contributed by atoms with Gasteiger partial charge in [0.1, 0.15) is 0 Å². The molecule has 0 aliphatic heterocycles. The second kappa shape index (κ2) is 5.43. The Morgan fingerprint density at radius 2 is 2.08 bits per heavy atom. The summed E-state index contributed by atoms with van der Waals surface area (Å²) in [6, 6.07) is 2.40. The molecule has 0 aliphatic carbocycles. The van der Waals surface area contributed by atoms with E-state index in [-0.39, 0.29) is 0 Å². The van der Waals surface area contributed by atoms with E-state index >= 15 is 0 Å². The van der Waals surface area contributed by atoms with Gasteiger partial charge in [0.2, 0.25) is 0 Å². The van der Waals surface area contributed by atoms with Gasteiger partial charge in [-0.2, -0.15) is 0 Å². The van der Waals surface area contributed by atoms with Crippen LogP contribution in [0.5, 0.6) is 0 Å². The van der Waals surface area contributed by atoms with Gasteiger partial charge in [-0.05, 0) is 42.2 Å². The molecule has 13 heavy (non-hydrogen) atoms. The zero-order chi connectivity index (χ0) is 9.68. The highest BCUT2D eigenvalue weighted by atomic mass is 32.1. The molecule has 0 aromatic carbocycles. The lowest BCUT2D eigenvalue weighted by Crippen LogP contribution is -1.94. The highest BCUT2D eigenvalue weighted by molar-refractivity contribution is 7.10. The lowest BCUT2D eigenvalue weighted by molar-refractivity contribution is 0.597. The van der Waals surface area contributed by atoms with Crippen LogP contribution in [0.15, 0.2) is 11.4 Å². The van der Waals surface area contributed by atoms with Crippen LogP contribution in [0.3, 0.4) is 0 Å². The highest BCUT2D eigenvalue weighted by Crippen LogP contribution is 2.28. The standard InChI is InChI=1S/C12H20S/c1-4-7-10(5-2)11-8-12(6-3)13-9-11/h8-10H,4-7H2,1-3H3. The first-order valence-electron chi connectivity index (χ1n) is 5.39. The average molecular weight is 196 g/mol. The minimum atomic E-state index is 0.807. The number of hydrogen-bond donors (Lipinski definition) is 0. The van der Waals surface area contributed by atoms with Gasteiger partial charge in [-0.3, -0.25) is 0 Å². The van der Waals surface area contributed by atoms with Crippen molar-refractivity contribution >= 4 is 11.3 Å². The third-order valence-electron chi connectivity index (χ3n) is 2.62. The molecule has 0 aliphatic rings. The normalized spacial score (nSPS) is 13.2. The fourth-order valence-electron chi connectivity index (χ4n) is 1.75. The maximum Gasteiger partial charge on any atom is 0.00454 e. The summed E-state index contributed by atoms with van der Waals surface area (Å²) in [5.74, 6) is 0.807. The van der Waals surface area contributed by atoms with Gasteiger partial charge in [-0.15, -0.1) is 11.3 Å². The Balaban J connectivity index is 2.67. The molecule has 1 rings (SSSR count). The van der Waals surface area contributed by atoms with Gasteiger partial charge in [-0.1, -0.05) is 27.2 Å². The highest BCUT2D eigenvalue weighted by Gasteiger charge is 2.09. The second-order valence-electron chi connectivity index (χ2n) is 3.59. The number of rotatable bonds is 5. The van der Waals surface area contributed by atoms with Crippen molar-refractivity contribution in [1.29, 1.82) is 0 Å². The molecule has 1 heterocycles. The van der Waals surface area contributed by atoms with Crippen molar-refractivity contribution in [2.75, 3.05) is 0 Å². The molecule has 74 valence electrons. The van der Waals surface area contributed by atoms with Crippen LogP contribution in [-0.4, -0.2) is 0 Å². The van der Waals surface area contributed by atoms with E-state index in [0.717, 1.165) is 5.92 Å². The smallest absolute Gasteiger partial charge is 0.00454 e. The van der Waals surface area contributed by atoms with Gasteiger partial charge >= 0.3 is 0 Å². The molecular weight excluding hydrogens is 176 g/mol. The van der Waals surface area contributed by atoms with Crippen LogP contribution in [0.1, 0.15) is 56.4 Å². The topological polar surface area (TPSA) is 0 Å². The molecule has 0 saturated carbocycles. The summed E-state index contributed by atoms with van der Waals surface area (Å²) in [5.41, 5.74) is 1.58. The van der Waals surface area contributed by atoms with E-state index in [1.165, 1.54) is 30.6 Å². The molecule has 0 fully saturated rings. The van der Waals surface area contributed by atoms with Gasteiger partial charge in [-0.25, -0.2) is 0 Å². The molecular formula is C12H20S. The van der Waals surface area contributed by atoms with Crippen LogP contribution in [-0.2, 0) is 6.42 Å². The first-order valence-corrected chi connectivity index (χ1v) is 6.27. The van der Waals surface area contributed by atoms with Crippen molar-refractivity contribution in [3.05, 3.63) is 21.9 Å². The molecule has 0 bridgehead atoms. The Morgan fingerprint density at radius 1 is 1.31 bits per heavy atom. The Labute approximate surface area is 86.0 Å². The molecule has 0 spiro atoms. The quantitative estimate of drug-likeness (QED) is 0.645. The van der Waals surface area contributed by atoms with Crippen molar-refractivity contribution < 1.29 is 0 Å². The third-order valence-corrected chi connectivity index (χ3v) is 3.72. The summed E-state index contributed by atoms with van der Waals surface area (Å²) in [7, 11) is 0. The monoisotopic (exact) mass is 196 g/mol. The van der Waals surface area contributed by atoms with Crippen LogP contribution in [0.4, 0.5) is 0 Å². The largest absolute Gasteiger partial charge is 0.149 e. The van der Waals surface area contributed by atoms with E-state index in [0.29, 0.717) is 0 Å². The molecule has 1 aromatic rings. The maximum absolute atomic E-state index is 2.40. The Morgan fingerprint density at radius 3 is 2.54 bits per heavy atom. The number of aryl methyl sites for hydroxylation is 1. The molecule has 1 heteroatoms. The zero-order valence-electron chi connectivity index (χ0n) is 8.97. The summed E-state index contributed by atoms with van der Waals surface area (Å²) in [4.78, 5) is 1.53. The van der Waals surface area contributed by atoms with Crippen LogP contribution < -0.4 is 0 Å². The second-order valence-corrected chi connectivity index (χ2v) is 4.59. The fraction of sp³-hybridized carbons (Fsp3) is 0.667. The van der Waals surface area contributed by atoms with Crippen LogP contribution in [0.2, 0.25) is 0 Å². The third kappa shape index (κ3) is 2.84. The first kappa shape index (κ1) is 10.8. The van der Waals surface area contributed by atoms with Gasteiger partial charge < -0.3 is 0 Å². The van der Waals surface area contributed by atoms with Crippen molar-refractivity contribution in [2.45, 2.75) is 52.4 Å². The summed E-state index contributed by atoms with van der Waals surface area (Å²) < 4.78 is 0. The molecule has 0 amide bonds. The lowest BCUT2D eigenvalue weighted by Gasteiger charge is -2.11. The van der Waals surface area contributed by atoms with E-state index in [1.807, 2.05) is 11.3 Å². The van der Waals surface area contributed by atoms with Crippen LogP contribution in [0, 0.1) is 0 Å². The fourth-order valence-corrected chi connectivity index (χ4v) is 2.67. The molecule has 0 N–H and O–H groups in total. The summed E-state index contributed by atoms with van der Waals surface area (Å²) in [6.07, 6.45) is 5.12.